The smallest absolute Gasteiger partial charge is 0.259 e. The van der Waals surface area contributed by atoms with Crippen molar-refractivity contribution in [2.24, 2.45) is 0 Å². The second-order valence-electron chi connectivity index (χ2n) is 1.60. The predicted octanol–water partition coefficient (Wildman–Crippen LogP) is 1.73. The van der Waals surface area contributed by atoms with Crippen LogP contribution in [-0.4, -0.2) is 11.1 Å². The first-order chi connectivity index (χ1) is 4.34. The minimum Gasteiger partial charge on any atom is -0.259 e. The standard InChI is InChI=1S/C4H4F3NO2/c1-3(2-8(9)10)4(5,6)7/h2H,1H3. The zero-order valence-corrected chi connectivity index (χ0v) is 4.97. The van der Waals surface area contributed by atoms with E-state index < -0.39 is 16.7 Å². The Kier molecular flexibility index (Phi) is 2.39. The zero-order chi connectivity index (χ0) is 8.36. The molecule has 3 nitrogen and oxygen atoms in total. The van der Waals surface area contributed by atoms with Crippen molar-refractivity contribution in [3.8, 4) is 0 Å². The van der Waals surface area contributed by atoms with Crippen LogP contribution in [0.25, 0.3) is 0 Å². The van der Waals surface area contributed by atoms with Crippen LogP contribution in [0.3, 0.4) is 0 Å². The molecule has 0 aliphatic rings. The van der Waals surface area contributed by atoms with Crippen molar-refractivity contribution in [1.82, 2.24) is 0 Å². The number of halogens is 3. The summed E-state index contributed by atoms with van der Waals surface area (Å²) in [5.74, 6) is 0. The van der Waals surface area contributed by atoms with E-state index in [-0.39, 0.29) is 6.20 Å². The van der Waals surface area contributed by atoms with Gasteiger partial charge in [0.05, 0.1) is 10.5 Å². The van der Waals surface area contributed by atoms with Gasteiger partial charge in [0.1, 0.15) is 0 Å². The number of allylic oxidation sites excluding steroid dienone is 1. The molecule has 6 heteroatoms. The van der Waals surface area contributed by atoms with Crippen molar-refractivity contribution >= 4 is 0 Å². The third kappa shape index (κ3) is 3.06. The fourth-order valence-corrected chi connectivity index (χ4v) is 0.231. The largest absolute Gasteiger partial charge is 0.418 e. The SMILES string of the molecule is CC(=C[N+](=O)[O-])C(F)(F)F. The molecule has 0 spiro atoms. The fraction of sp³-hybridized carbons (Fsp3) is 0.500. The van der Waals surface area contributed by atoms with E-state index in [1.165, 1.54) is 0 Å². The average Bonchev–Trinajstić information content (AvgIpc) is 1.60. The maximum atomic E-state index is 11.4. The topological polar surface area (TPSA) is 43.1 Å². The Balaban J connectivity index is 4.35. The van der Waals surface area contributed by atoms with Crippen LogP contribution >= 0.6 is 0 Å². The van der Waals surface area contributed by atoms with Crippen LogP contribution in [0, 0.1) is 10.1 Å². The van der Waals surface area contributed by atoms with Crippen molar-refractivity contribution in [2.75, 3.05) is 0 Å². The molecule has 0 saturated carbocycles. The van der Waals surface area contributed by atoms with Gasteiger partial charge in [0.15, 0.2) is 0 Å². The Bertz CT molecular complexity index is 172. The summed E-state index contributed by atoms with van der Waals surface area (Å²) in [5, 5.41) is 9.49. The first kappa shape index (κ1) is 8.93. The van der Waals surface area contributed by atoms with E-state index in [4.69, 9.17) is 0 Å². The molecule has 0 fully saturated rings. The van der Waals surface area contributed by atoms with E-state index in [0.29, 0.717) is 6.92 Å². The molecule has 0 aromatic carbocycles. The summed E-state index contributed by atoms with van der Waals surface area (Å²) in [5.41, 5.74) is -1.21. The number of rotatable bonds is 1. The maximum Gasteiger partial charge on any atom is 0.418 e. The lowest BCUT2D eigenvalue weighted by Gasteiger charge is -2.01. The molecule has 0 aliphatic carbocycles. The van der Waals surface area contributed by atoms with Gasteiger partial charge >= 0.3 is 6.18 Å². The fourth-order valence-electron chi connectivity index (χ4n) is 0.231. The average molecular weight is 155 g/mol. The Morgan fingerprint density at radius 2 is 2.00 bits per heavy atom. The number of nitro groups is 1. The highest BCUT2D eigenvalue weighted by Crippen LogP contribution is 2.24. The molecule has 0 amide bonds. The van der Waals surface area contributed by atoms with Crippen LogP contribution < -0.4 is 0 Å². The van der Waals surface area contributed by atoms with Crippen LogP contribution in [0.2, 0.25) is 0 Å². The molecule has 0 rings (SSSR count). The molecule has 0 atom stereocenters. The minimum atomic E-state index is -4.59. The Morgan fingerprint density at radius 1 is 1.60 bits per heavy atom. The van der Waals surface area contributed by atoms with Crippen LogP contribution in [-0.2, 0) is 0 Å². The lowest BCUT2D eigenvalue weighted by molar-refractivity contribution is -0.405. The van der Waals surface area contributed by atoms with Gasteiger partial charge in [-0.15, -0.1) is 0 Å². The van der Waals surface area contributed by atoms with Gasteiger partial charge in [-0.05, 0) is 6.92 Å². The highest BCUT2D eigenvalue weighted by Gasteiger charge is 2.32. The maximum absolute atomic E-state index is 11.4. The summed E-state index contributed by atoms with van der Waals surface area (Å²) in [4.78, 5) is 8.35. The van der Waals surface area contributed by atoms with Gasteiger partial charge in [-0.3, -0.25) is 10.1 Å². The van der Waals surface area contributed by atoms with Gasteiger partial charge in [-0.2, -0.15) is 13.2 Å². The molecule has 0 bridgehead atoms. The molecular weight excluding hydrogens is 151 g/mol. The quantitative estimate of drug-likeness (QED) is 0.427. The molecule has 58 valence electrons. The molecule has 0 aromatic heterocycles. The highest BCUT2D eigenvalue weighted by atomic mass is 19.4. The Labute approximate surface area is 54.3 Å². The summed E-state index contributed by atoms with van der Waals surface area (Å²) in [6, 6.07) is 0. The van der Waals surface area contributed by atoms with E-state index in [1.54, 1.807) is 0 Å². The van der Waals surface area contributed by atoms with Gasteiger partial charge in [0, 0.05) is 0 Å². The van der Waals surface area contributed by atoms with Gasteiger partial charge in [-0.1, -0.05) is 0 Å². The molecular formula is C4H4F3NO2. The lowest BCUT2D eigenvalue weighted by Crippen LogP contribution is -2.10. The molecule has 0 unspecified atom stereocenters. The summed E-state index contributed by atoms with van der Waals surface area (Å²) >= 11 is 0. The van der Waals surface area contributed by atoms with E-state index in [9.17, 15) is 23.3 Å². The zero-order valence-electron chi connectivity index (χ0n) is 4.97. The van der Waals surface area contributed by atoms with Gasteiger partial charge in [0.25, 0.3) is 0 Å². The van der Waals surface area contributed by atoms with Crippen LogP contribution in [0.5, 0.6) is 0 Å². The third-order valence-corrected chi connectivity index (χ3v) is 0.746. The van der Waals surface area contributed by atoms with Crippen LogP contribution in [0.4, 0.5) is 13.2 Å². The van der Waals surface area contributed by atoms with E-state index in [2.05, 4.69) is 0 Å². The molecule has 0 aliphatic heterocycles. The van der Waals surface area contributed by atoms with Gasteiger partial charge < -0.3 is 0 Å². The highest BCUT2D eigenvalue weighted by molar-refractivity contribution is 5.00. The van der Waals surface area contributed by atoms with E-state index in [0.717, 1.165) is 0 Å². The molecule has 10 heavy (non-hydrogen) atoms. The second-order valence-corrected chi connectivity index (χ2v) is 1.60. The van der Waals surface area contributed by atoms with Crippen LogP contribution in [0.1, 0.15) is 6.92 Å². The normalized spacial score (nSPS) is 13.4. The third-order valence-electron chi connectivity index (χ3n) is 0.746. The summed E-state index contributed by atoms with van der Waals surface area (Å²) in [7, 11) is 0. The Morgan fingerprint density at radius 3 is 2.10 bits per heavy atom. The van der Waals surface area contributed by atoms with Gasteiger partial charge in [-0.25, -0.2) is 0 Å². The van der Waals surface area contributed by atoms with Crippen molar-refractivity contribution in [3.05, 3.63) is 21.9 Å². The second kappa shape index (κ2) is 2.68. The molecule has 0 heterocycles. The molecule has 0 radical (unpaired) electrons. The van der Waals surface area contributed by atoms with Crippen molar-refractivity contribution in [3.63, 3.8) is 0 Å². The van der Waals surface area contributed by atoms with E-state index >= 15 is 0 Å². The van der Waals surface area contributed by atoms with E-state index in [1.807, 2.05) is 0 Å². The van der Waals surface area contributed by atoms with Gasteiger partial charge in [0.2, 0.25) is 6.20 Å². The summed E-state index contributed by atoms with van der Waals surface area (Å²) in [6.07, 6.45) is -4.66. The van der Waals surface area contributed by atoms with Crippen molar-refractivity contribution in [1.29, 1.82) is 0 Å². The molecule has 0 aromatic rings. The lowest BCUT2D eigenvalue weighted by atomic mass is 10.3. The predicted molar refractivity (Wildman–Crippen MR) is 26.8 cm³/mol. The molecule has 0 saturated heterocycles. The molecule has 0 N–H and O–H groups in total. The number of hydrogen-bond donors (Lipinski definition) is 0. The minimum absolute atomic E-state index is 0.0694. The first-order valence-electron chi connectivity index (χ1n) is 2.23. The first-order valence-corrected chi connectivity index (χ1v) is 2.23. The number of nitrogens with zero attached hydrogens (tertiary/aromatic N) is 1. The summed E-state index contributed by atoms with van der Waals surface area (Å²) in [6.45, 7) is 0.642. The Hall–Kier alpha value is -1.07. The number of alkyl halides is 3. The summed E-state index contributed by atoms with van der Waals surface area (Å²) < 4.78 is 34.3. The van der Waals surface area contributed by atoms with Crippen molar-refractivity contribution < 1.29 is 18.1 Å². The van der Waals surface area contributed by atoms with Crippen LogP contribution in [0.15, 0.2) is 11.8 Å². The number of hydrogen-bond acceptors (Lipinski definition) is 2. The monoisotopic (exact) mass is 155 g/mol. The van der Waals surface area contributed by atoms with Crippen molar-refractivity contribution in [2.45, 2.75) is 13.1 Å².